The zero-order valence-corrected chi connectivity index (χ0v) is 31.1. The summed E-state index contributed by atoms with van der Waals surface area (Å²) in [6, 6.07) is 28.1. The number of aromatic nitrogens is 4. The average Bonchev–Trinajstić information content (AvgIpc) is 3.49. The van der Waals surface area contributed by atoms with Gasteiger partial charge in [0.05, 0.1) is 0 Å². The van der Waals surface area contributed by atoms with E-state index in [-0.39, 0.29) is 0 Å². The maximum atomic E-state index is 2.38. The van der Waals surface area contributed by atoms with Gasteiger partial charge in [0.15, 0.2) is 48.6 Å². The zero-order chi connectivity index (χ0) is 34.4. The van der Waals surface area contributed by atoms with E-state index < -0.39 is 0 Å². The third-order valence-electron chi connectivity index (χ3n) is 8.92. The molecule has 4 heterocycles. The van der Waals surface area contributed by atoms with E-state index in [1.807, 2.05) is 0 Å². The smallest absolute Gasteiger partial charge is 0.230 e. The fourth-order valence-electron chi connectivity index (χ4n) is 6.24. The lowest BCUT2D eigenvalue weighted by molar-refractivity contribution is -0.722. The highest BCUT2D eigenvalue weighted by molar-refractivity contribution is 5.84. The van der Waals surface area contributed by atoms with Gasteiger partial charge in [-0.25, -0.2) is 4.57 Å². The second-order valence-corrected chi connectivity index (χ2v) is 14.6. The number of hydrogen-bond donors (Lipinski definition) is 0. The van der Waals surface area contributed by atoms with Crippen molar-refractivity contribution in [2.24, 2.45) is 0 Å². The summed E-state index contributed by atoms with van der Waals surface area (Å²) in [4.78, 5) is 0. The lowest BCUT2D eigenvalue weighted by Gasteiger charge is -2.11. The van der Waals surface area contributed by atoms with Crippen LogP contribution < -0.4 is 13.7 Å². The Kier molecular flexibility index (Phi) is 12.0. The number of nitrogens with zero attached hydrogens (tertiary/aromatic N) is 4. The quantitative estimate of drug-likeness (QED) is 0.163. The summed E-state index contributed by atoms with van der Waals surface area (Å²) in [5.41, 5.74) is 5.49. The molecule has 248 valence electrons. The largest absolute Gasteiger partial charge is 0.340 e. The standard InChI is InChI=1S/2C15H20N.C13H19N2/c1-11(2)15-10-16(12(3)4)9-13-7-5-6-8-14(13)15;1-11(2)15-9-13-7-5-6-8-14(13)10-16(15)12(3)4;1-10(2)14-8-5-6-12-13(14)7-9-15(12)11(3)4/h2*5-12H,1-4H3;5-11H,1-4H3/q3*+1. The van der Waals surface area contributed by atoms with Crippen LogP contribution in [0, 0.1) is 0 Å². The van der Waals surface area contributed by atoms with E-state index in [1.165, 1.54) is 43.8 Å². The van der Waals surface area contributed by atoms with E-state index in [0.717, 1.165) is 0 Å². The van der Waals surface area contributed by atoms with Crippen LogP contribution in [0.1, 0.15) is 130 Å². The van der Waals surface area contributed by atoms with Crippen molar-refractivity contribution in [3.8, 4) is 0 Å². The van der Waals surface area contributed by atoms with Crippen molar-refractivity contribution in [3.05, 3.63) is 115 Å². The highest BCUT2D eigenvalue weighted by Crippen LogP contribution is 2.24. The van der Waals surface area contributed by atoms with Crippen LogP contribution in [0.5, 0.6) is 0 Å². The normalized spacial score (nSPS) is 11.7. The molecule has 0 unspecified atom stereocenters. The molecule has 0 aliphatic rings. The van der Waals surface area contributed by atoms with E-state index in [0.29, 0.717) is 36.0 Å². The van der Waals surface area contributed by atoms with Crippen LogP contribution in [-0.2, 0) is 0 Å². The van der Waals surface area contributed by atoms with Gasteiger partial charge in [0, 0.05) is 52.7 Å². The molecule has 0 saturated heterocycles. The molecule has 0 saturated carbocycles. The number of rotatable bonds is 6. The van der Waals surface area contributed by atoms with Crippen LogP contribution in [0.3, 0.4) is 0 Å². The zero-order valence-electron chi connectivity index (χ0n) is 31.1. The number of fused-ring (bicyclic) bond motifs is 3. The minimum absolute atomic E-state index is 0.511. The predicted molar refractivity (Wildman–Crippen MR) is 200 cm³/mol. The number of hydrogen-bond acceptors (Lipinski definition) is 0. The van der Waals surface area contributed by atoms with Gasteiger partial charge in [0.25, 0.3) is 0 Å². The summed E-state index contributed by atoms with van der Waals surface area (Å²) in [5.74, 6) is 1.13. The first kappa shape index (κ1) is 35.8. The Morgan fingerprint density at radius 3 is 1.72 bits per heavy atom. The summed E-state index contributed by atoms with van der Waals surface area (Å²) in [7, 11) is 0. The highest BCUT2D eigenvalue weighted by Gasteiger charge is 2.19. The second-order valence-electron chi connectivity index (χ2n) is 14.6. The lowest BCUT2D eigenvalue weighted by atomic mass is 9.98. The van der Waals surface area contributed by atoms with Gasteiger partial charge in [-0.3, -0.25) is 0 Å². The van der Waals surface area contributed by atoms with E-state index in [2.05, 4.69) is 205 Å². The Hall–Kier alpha value is -4.05. The van der Waals surface area contributed by atoms with E-state index in [4.69, 9.17) is 0 Å². The summed E-state index contributed by atoms with van der Waals surface area (Å²) in [5, 5.41) is 5.38. The minimum atomic E-state index is 0.511. The molecular formula is C43H59N4+3. The van der Waals surface area contributed by atoms with Crippen molar-refractivity contribution >= 4 is 32.6 Å². The Morgan fingerprint density at radius 1 is 0.532 bits per heavy atom. The fraction of sp³-hybridized carbons (Fsp3) is 0.419. The van der Waals surface area contributed by atoms with Crippen molar-refractivity contribution < 1.29 is 13.7 Å². The van der Waals surface area contributed by atoms with Gasteiger partial charge in [0.1, 0.15) is 5.52 Å². The van der Waals surface area contributed by atoms with Crippen molar-refractivity contribution in [1.82, 2.24) is 4.57 Å². The van der Waals surface area contributed by atoms with Crippen LogP contribution in [0.4, 0.5) is 0 Å². The summed E-state index contributed by atoms with van der Waals surface area (Å²) in [6.45, 7) is 26.8. The molecule has 6 aromatic rings. The molecule has 0 N–H and O–H groups in total. The number of benzene rings is 2. The van der Waals surface area contributed by atoms with Gasteiger partial charge in [0.2, 0.25) is 5.52 Å². The fourth-order valence-corrected chi connectivity index (χ4v) is 6.24. The molecule has 0 atom stereocenters. The van der Waals surface area contributed by atoms with E-state index in [9.17, 15) is 0 Å². The molecule has 0 aliphatic heterocycles. The average molecular weight is 632 g/mol. The molecule has 4 nitrogen and oxygen atoms in total. The molecule has 2 aromatic carbocycles. The molecule has 4 aromatic heterocycles. The van der Waals surface area contributed by atoms with Gasteiger partial charge in [-0.1, -0.05) is 64.1 Å². The van der Waals surface area contributed by atoms with Crippen LogP contribution in [0.25, 0.3) is 32.6 Å². The second kappa shape index (κ2) is 15.7. The SMILES string of the molecule is CC(C)c1c[n+](C(C)C)cc2ccccc12.CC(C)c1cc2ccccc2c[n+]1C(C)C.CC(C)n1ccc2c1ccc[n+]2C(C)C. The number of pyridine rings is 3. The van der Waals surface area contributed by atoms with Gasteiger partial charge in [-0.2, -0.15) is 9.13 Å². The summed E-state index contributed by atoms with van der Waals surface area (Å²) < 4.78 is 9.31. The molecule has 4 heteroatoms. The molecule has 0 amide bonds. The summed E-state index contributed by atoms with van der Waals surface area (Å²) in [6.07, 6.45) is 11.1. The van der Waals surface area contributed by atoms with Crippen molar-refractivity contribution in [2.45, 2.75) is 119 Å². The maximum absolute atomic E-state index is 2.38. The molecule has 0 bridgehead atoms. The molecule has 0 spiro atoms. The molecule has 0 radical (unpaired) electrons. The molecular weight excluding hydrogens is 573 g/mol. The topological polar surface area (TPSA) is 16.6 Å². The van der Waals surface area contributed by atoms with Crippen molar-refractivity contribution in [3.63, 3.8) is 0 Å². The van der Waals surface area contributed by atoms with E-state index in [1.54, 1.807) is 0 Å². The van der Waals surface area contributed by atoms with Crippen LogP contribution in [0.15, 0.2) is 104 Å². The Morgan fingerprint density at radius 2 is 1.15 bits per heavy atom. The molecule has 6 rings (SSSR count). The van der Waals surface area contributed by atoms with Crippen molar-refractivity contribution in [1.29, 1.82) is 0 Å². The van der Waals surface area contributed by atoms with Gasteiger partial charge >= 0.3 is 0 Å². The van der Waals surface area contributed by atoms with Crippen molar-refractivity contribution in [2.75, 3.05) is 0 Å². The molecule has 0 aliphatic carbocycles. The van der Waals surface area contributed by atoms with Gasteiger partial charge in [-0.15, -0.1) is 0 Å². The third kappa shape index (κ3) is 8.46. The first-order valence-electron chi connectivity index (χ1n) is 17.7. The van der Waals surface area contributed by atoms with Gasteiger partial charge < -0.3 is 4.57 Å². The maximum Gasteiger partial charge on any atom is 0.230 e. The van der Waals surface area contributed by atoms with Crippen LogP contribution >= 0.6 is 0 Å². The monoisotopic (exact) mass is 631 g/mol. The van der Waals surface area contributed by atoms with Crippen LogP contribution in [-0.4, -0.2) is 4.57 Å². The Bertz CT molecular complexity index is 1860. The first-order chi connectivity index (χ1) is 22.3. The first-order valence-corrected chi connectivity index (χ1v) is 17.7. The molecule has 0 fully saturated rings. The van der Waals surface area contributed by atoms with Crippen LogP contribution in [0.2, 0.25) is 0 Å². The van der Waals surface area contributed by atoms with Gasteiger partial charge in [-0.05, 0) is 90.3 Å². The molecule has 47 heavy (non-hydrogen) atoms. The lowest BCUT2D eigenvalue weighted by Crippen LogP contribution is -2.40. The Balaban J connectivity index is 0.000000160. The highest BCUT2D eigenvalue weighted by atomic mass is 15.0. The Labute approximate surface area is 284 Å². The third-order valence-corrected chi connectivity index (χ3v) is 8.92. The summed E-state index contributed by atoms with van der Waals surface area (Å²) >= 11 is 0. The van der Waals surface area contributed by atoms with E-state index >= 15 is 0 Å². The minimum Gasteiger partial charge on any atom is -0.340 e. The predicted octanol–water partition coefficient (Wildman–Crippen LogP) is 10.8.